The summed E-state index contributed by atoms with van der Waals surface area (Å²) in [6.07, 6.45) is 1.84. The van der Waals surface area contributed by atoms with Crippen molar-refractivity contribution in [2.24, 2.45) is 5.73 Å². The zero-order valence-electron chi connectivity index (χ0n) is 7.15. The van der Waals surface area contributed by atoms with E-state index in [4.69, 9.17) is 5.73 Å². The number of rotatable bonds is 3. The van der Waals surface area contributed by atoms with Gasteiger partial charge in [0.15, 0.2) is 0 Å². The molecule has 0 aliphatic carbocycles. The summed E-state index contributed by atoms with van der Waals surface area (Å²) in [5.74, 6) is 1.06. The van der Waals surface area contributed by atoms with Crippen molar-refractivity contribution in [3.63, 3.8) is 0 Å². The van der Waals surface area contributed by atoms with Crippen LogP contribution in [0.5, 0.6) is 0 Å². The summed E-state index contributed by atoms with van der Waals surface area (Å²) in [4.78, 5) is 7.59. The molecule has 0 atom stereocenters. The second kappa shape index (κ2) is 3.53. The summed E-state index contributed by atoms with van der Waals surface area (Å²) in [5.41, 5.74) is 7.70. The first-order chi connectivity index (χ1) is 5.27. The normalized spacial score (nSPS) is 10.5. The zero-order chi connectivity index (χ0) is 8.27. The first-order valence-electron chi connectivity index (χ1n) is 4.02. The molecule has 1 aromatic rings. The first kappa shape index (κ1) is 8.27. The third kappa shape index (κ3) is 1.80. The summed E-state index contributed by atoms with van der Waals surface area (Å²) in [5, 5.41) is 0. The summed E-state index contributed by atoms with van der Waals surface area (Å²) >= 11 is 0. The molecular weight excluding hydrogens is 138 g/mol. The van der Waals surface area contributed by atoms with Crippen LogP contribution in [0.15, 0.2) is 0 Å². The van der Waals surface area contributed by atoms with Crippen LogP contribution in [0.1, 0.15) is 24.1 Å². The van der Waals surface area contributed by atoms with Crippen LogP contribution in [0.2, 0.25) is 0 Å². The van der Waals surface area contributed by atoms with Crippen molar-refractivity contribution in [2.45, 2.75) is 26.7 Å². The van der Waals surface area contributed by atoms with Gasteiger partial charge in [-0.25, -0.2) is 4.98 Å². The standard InChI is InChI=1S/C8H15N3/c1-3-8-10-6(2)7(11-8)4-5-9/h3-5,9H2,1-2H3,(H,10,11). The average Bonchev–Trinajstić information content (AvgIpc) is 2.33. The van der Waals surface area contributed by atoms with Crippen LogP contribution < -0.4 is 5.73 Å². The van der Waals surface area contributed by atoms with Gasteiger partial charge in [0, 0.05) is 18.5 Å². The van der Waals surface area contributed by atoms with Crippen LogP contribution in [-0.4, -0.2) is 16.5 Å². The maximum absolute atomic E-state index is 5.43. The van der Waals surface area contributed by atoms with Gasteiger partial charge in [0.05, 0.1) is 5.69 Å². The van der Waals surface area contributed by atoms with Crippen molar-refractivity contribution in [3.8, 4) is 0 Å². The second-order valence-electron chi connectivity index (χ2n) is 2.65. The molecule has 0 aliphatic heterocycles. The van der Waals surface area contributed by atoms with Gasteiger partial charge >= 0.3 is 0 Å². The molecule has 0 fully saturated rings. The van der Waals surface area contributed by atoms with E-state index in [1.165, 1.54) is 0 Å². The smallest absolute Gasteiger partial charge is 0.106 e. The SMILES string of the molecule is CCc1nc(CCN)c(C)[nH]1. The first-order valence-corrected chi connectivity index (χ1v) is 4.02. The van der Waals surface area contributed by atoms with Crippen LogP contribution in [-0.2, 0) is 12.8 Å². The molecule has 0 spiro atoms. The van der Waals surface area contributed by atoms with Crippen molar-refractivity contribution >= 4 is 0 Å². The van der Waals surface area contributed by atoms with Crippen molar-refractivity contribution in [1.29, 1.82) is 0 Å². The molecule has 3 heteroatoms. The zero-order valence-corrected chi connectivity index (χ0v) is 7.15. The molecule has 0 aromatic carbocycles. The Hall–Kier alpha value is -0.830. The molecule has 0 aliphatic rings. The number of aromatic amines is 1. The number of H-pyrrole nitrogens is 1. The van der Waals surface area contributed by atoms with E-state index < -0.39 is 0 Å². The Balaban J connectivity index is 2.79. The molecule has 0 saturated heterocycles. The lowest BCUT2D eigenvalue weighted by Crippen LogP contribution is -2.04. The molecule has 3 nitrogen and oxygen atoms in total. The summed E-state index contributed by atoms with van der Waals surface area (Å²) in [6, 6.07) is 0. The fourth-order valence-corrected chi connectivity index (χ4v) is 1.11. The highest BCUT2D eigenvalue weighted by atomic mass is 14.9. The van der Waals surface area contributed by atoms with Gasteiger partial charge in [0.25, 0.3) is 0 Å². The molecule has 1 heterocycles. The predicted octanol–water partition coefficient (Wildman–Crippen LogP) is 0.782. The molecule has 3 N–H and O–H groups in total. The van der Waals surface area contributed by atoms with E-state index in [-0.39, 0.29) is 0 Å². The maximum atomic E-state index is 5.43. The third-order valence-corrected chi connectivity index (χ3v) is 1.75. The van der Waals surface area contributed by atoms with E-state index >= 15 is 0 Å². The van der Waals surface area contributed by atoms with E-state index in [1.54, 1.807) is 0 Å². The van der Waals surface area contributed by atoms with Gasteiger partial charge in [0.2, 0.25) is 0 Å². The monoisotopic (exact) mass is 153 g/mol. The Morgan fingerprint density at radius 1 is 1.55 bits per heavy atom. The number of imidazole rings is 1. The van der Waals surface area contributed by atoms with Crippen molar-refractivity contribution in [2.75, 3.05) is 6.54 Å². The van der Waals surface area contributed by atoms with Gasteiger partial charge in [-0.2, -0.15) is 0 Å². The lowest BCUT2D eigenvalue weighted by Gasteiger charge is -1.91. The van der Waals surface area contributed by atoms with E-state index in [2.05, 4.69) is 16.9 Å². The average molecular weight is 153 g/mol. The molecule has 0 unspecified atom stereocenters. The molecule has 0 saturated carbocycles. The number of aromatic nitrogens is 2. The van der Waals surface area contributed by atoms with Crippen LogP contribution in [0.4, 0.5) is 0 Å². The summed E-state index contributed by atoms with van der Waals surface area (Å²) in [6.45, 7) is 4.80. The fraction of sp³-hybridized carbons (Fsp3) is 0.625. The Labute approximate surface area is 67.0 Å². The van der Waals surface area contributed by atoms with Crippen LogP contribution >= 0.6 is 0 Å². The highest BCUT2D eigenvalue weighted by Gasteiger charge is 2.02. The van der Waals surface area contributed by atoms with Crippen LogP contribution in [0.3, 0.4) is 0 Å². The third-order valence-electron chi connectivity index (χ3n) is 1.75. The minimum absolute atomic E-state index is 0.675. The summed E-state index contributed by atoms with van der Waals surface area (Å²) in [7, 11) is 0. The number of nitrogens with zero attached hydrogens (tertiary/aromatic N) is 1. The van der Waals surface area contributed by atoms with E-state index in [0.29, 0.717) is 6.54 Å². The number of hydrogen-bond donors (Lipinski definition) is 2. The van der Waals surface area contributed by atoms with Crippen molar-refractivity contribution in [3.05, 3.63) is 17.2 Å². The van der Waals surface area contributed by atoms with Gasteiger partial charge in [-0.15, -0.1) is 0 Å². The molecule has 1 aromatic heterocycles. The van der Waals surface area contributed by atoms with E-state index in [9.17, 15) is 0 Å². The minimum atomic E-state index is 0.675. The molecule has 11 heavy (non-hydrogen) atoms. The Kier molecular flexibility index (Phi) is 2.65. The highest BCUT2D eigenvalue weighted by molar-refractivity contribution is 5.13. The molecule has 0 radical (unpaired) electrons. The van der Waals surface area contributed by atoms with Crippen LogP contribution in [0.25, 0.3) is 0 Å². The quantitative estimate of drug-likeness (QED) is 0.674. The number of nitrogens with one attached hydrogen (secondary N) is 1. The largest absolute Gasteiger partial charge is 0.346 e. The maximum Gasteiger partial charge on any atom is 0.106 e. The summed E-state index contributed by atoms with van der Waals surface area (Å²) < 4.78 is 0. The number of aryl methyl sites for hydroxylation is 2. The number of hydrogen-bond acceptors (Lipinski definition) is 2. The molecule has 62 valence electrons. The van der Waals surface area contributed by atoms with E-state index in [0.717, 1.165) is 30.1 Å². The Morgan fingerprint density at radius 3 is 2.73 bits per heavy atom. The Morgan fingerprint density at radius 2 is 2.27 bits per heavy atom. The number of nitrogens with two attached hydrogens (primary N) is 1. The van der Waals surface area contributed by atoms with Gasteiger partial charge in [0.1, 0.15) is 5.82 Å². The van der Waals surface area contributed by atoms with Gasteiger partial charge in [-0.05, 0) is 13.5 Å². The molecule has 0 bridgehead atoms. The van der Waals surface area contributed by atoms with Crippen LogP contribution in [0, 0.1) is 6.92 Å². The van der Waals surface area contributed by atoms with Gasteiger partial charge < -0.3 is 10.7 Å². The highest BCUT2D eigenvalue weighted by Crippen LogP contribution is 2.04. The van der Waals surface area contributed by atoms with Gasteiger partial charge in [-0.1, -0.05) is 6.92 Å². The topological polar surface area (TPSA) is 54.7 Å². The molecule has 0 amide bonds. The second-order valence-corrected chi connectivity index (χ2v) is 2.65. The van der Waals surface area contributed by atoms with E-state index in [1.807, 2.05) is 6.92 Å². The molecular formula is C8H15N3. The van der Waals surface area contributed by atoms with Crippen molar-refractivity contribution < 1.29 is 0 Å². The minimum Gasteiger partial charge on any atom is -0.346 e. The lowest BCUT2D eigenvalue weighted by atomic mass is 10.3. The lowest BCUT2D eigenvalue weighted by molar-refractivity contribution is 0.909. The molecule has 1 rings (SSSR count). The van der Waals surface area contributed by atoms with Crippen molar-refractivity contribution in [1.82, 2.24) is 9.97 Å². The Bertz CT molecular complexity index is 227. The predicted molar refractivity (Wildman–Crippen MR) is 45.5 cm³/mol. The fourth-order valence-electron chi connectivity index (χ4n) is 1.11. The van der Waals surface area contributed by atoms with Gasteiger partial charge in [-0.3, -0.25) is 0 Å².